The largest absolute Gasteiger partial charge is 0.435 e. The second-order valence-electron chi connectivity index (χ2n) is 10.2. The number of aromatic nitrogens is 4. The van der Waals surface area contributed by atoms with Crippen molar-refractivity contribution in [1.82, 2.24) is 19.7 Å². The lowest BCUT2D eigenvalue weighted by Gasteiger charge is -2.31. The van der Waals surface area contributed by atoms with E-state index in [1.54, 1.807) is 11.2 Å². The molecule has 4 N–H and O–H groups in total. The van der Waals surface area contributed by atoms with E-state index in [9.17, 15) is 35.9 Å². The first-order chi connectivity index (χ1) is 19.7. The summed E-state index contributed by atoms with van der Waals surface area (Å²) < 4.78 is 95.8. The van der Waals surface area contributed by atoms with Crippen LogP contribution in [0.4, 0.5) is 42.1 Å². The van der Waals surface area contributed by atoms with Gasteiger partial charge in [-0.05, 0) is 54.8 Å². The summed E-state index contributed by atoms with van der Waals surface area (Å²) in [5.74, 6) is -0.965. The summed E-state index contributed by atoms with van der Waals surface area (Å²) >= 11 is 0. The standard InChI is InChI=1S/C27H23F7N6O2/c28-19-9-18-14(7-17(19)15-8-20(35)23(36-10-15)27(32,33)34)4-5-40(25(18)42)12-13-2-1-3-16(6-13)38-21-11-37-39-24(41)22(21)26(29,30)31/h4-5,7-11,13,16H,1-3,6,12,35H2,(H2,38,39,41)/t13-,16+/m1/s1. The van der Waals surface area contributed by atoms with Crippen LogP contribution in [-0.4, -0.2) is 25.8 Å². The fourth-order valence-electron chi connectivity index (χ4n) is 5.41. The summed E-state index contributed by atoms with van der Waals surface area (Å²) in [6, 6.07) is 4.45. The highest BCUT2D eigenvalue weighted by molar-refractivity contribution is 5.87. The van der Waals surface area contributed by atoms with E-state index in [0.717, 1.165) is 24.5 Å². The Morgan fingerprint density at radius 2 is 1.81 bits per heavy atom. The molecule has 1 aliphatic carbocycles. The van der Waals surface area contributed by atoms with Gasteiger partial charge >= 0.3 is 12.4 Å². The van der Waals surface area contributed by atoms with Crippen molar-refractivity contribution in [1.29, 1.82) is 0 Å². The SMILES string of the molecule is Nc1cc(-c2cc3ccn(C[C@@H]4CCC[C@H](Nc5cn[nH]c(=O)c5C(F)(F)F)C4)c(=O)c3cc2F)cnc1C(F)(F)F. The highest BCUT2D eigenvalue weighted by atomic mass is 19.4. The smallest absolute Gasteiger partial charge is 0.397 e. The van der Waals surface area contributed by atoms with E-state index in [1.807, 2.05) is 0 Å². The van der Waals surface area contributed by atoms with Crippen molar-refractivity contribution in [3.8, 4) is 11.1 Å². The van der Waals surface area contributed by atoms with Gasteiger partial charge in [-0.1, -0.05) is 6.42 Å². The van der Waals surface area contributed by atoms with Gasteiger partial charge in [-0.2, -0.15) is 31.4 Å². The Bertz CT molecular complexity index is 1760. The second-order valence-corrected chi connectivity index (χ2v) is 10.2. The van der Waals surface area contributed by atoms with Crippen molar-refractivity contribution in [2.75, 3.05) is 11.1 Å². The molecule has 1 saturated carbocycles. The first kappa shape index (κ1) is 29.1. The van der Waals surface area contributed by atoms with Crippen LogP contribution in [0, 0.1) is 11.7 Å². The lowest BCUT2D eigenvalue weighted by atomic mass is 9.85. The molecule has 0 saturated heterocycles. The number of H-pyrrole nitrogens is 1. The number of hydrogen-bond donors (Lipinski definition) is 3. The molecule has 1 fully saturated rings. The minimum absolute atomic E-state index is 0.00844. The van der Waals surface area contributed by atoms with Crippen LogP contribution in [0.25, 0.3) is 21.9 Å². The van der Waals surface area contributed by atoms with Gasteiger partial charge in [0, 0.05) is 36.1 Å². The molecule has 1 aromatic carbocycles. The first-order valence-electron chi connectivity index (χ1n) is 12.8. The molecule has 4 aromatic rings. The predicted molar refractivity (Wildman–Crippen MR) is 140 cm³/mol. The van der Waals surface area contributed by atoms with Crippen LogP contribution < -0.4 is 22.2 Å². The Hall–Kier alpha value is -4.43. The van der Waals surface area contributed by atoms with E-state index < -0.39 is 58.0 Å². The summed E-state index contributed by atoms with van der Waals surface area (Å²) in [6.45, 7) is 0.218. The molecule has 0 radical (unpaired) electrons. The van der Waals surface area contributed by atoms with Crippen LogP contribution in [-0.2, 0) is 18.9 Å². The zero-order valence-corrected chi connectivity index (χ0v) is 21.6. The molecule has 0 unspecified atom stereocenters. The minimum Gasteiger partial charge on any atom is -0.397 e. The number of benzene rings is 1. The van der Waals surface area contributed by atoms with Crippen molar-refractivity contribution in [2.24, 2.45) is 5.92 Å². The molecule has 42 heavy (non-hydrogen) atoms. The van der Waals surface area contributed by atoms with Gasteiger partial charge in [-0.25, -0.2) is 14.5 Å². The molecule has 0 bridgehead atoms. The zero-order valence-electron chi connectivity index (χ0n) is 21.6. The number of alkyl halides is 6. The number of hydrogen-bond acceptors (Lipinski definition) is 6. The van der Waals surface area contributed by atoms with E-state index in [4.69, 9.17) is 5.73 Å². The maximum absolute atomic E-state index is 15.1. The number of rotatable bonds is 5. The fourth-order valence-corrected chi connectivity index (χ4v) is 5.41. The molecule has 2 atom stereocenters. The Morgan fingerprint density at radius 3 is 2.50 bits per heavy atom. The van der Waals surface area contributed by atoms with Gasteiger partial charge in [-0.3, -0.25) is 9.59 Å². The summed E-state index contributed by atoms with van der Waals surface area (Å²) in [4.78, 5) is 28.3. The molecule has 8 nitrogen and oxygen atoms in total. The number of nitrogens with zero attached hydrogens (tertiary/aromatic N) is 3. The molecule has 1 aliphatic rings. The van der Waals surface area contributed by atoms with Crippen molar-refractivity contribution in [2.45, 2.75) is 50.6 Å². The third-order valence-corrected chi connectivity index (χ3v) is 7.30. The van der Waals surface area contributed by atoms with Crippen LogP contribution in [0.3, 0.4) is 0 Å². The molecule has 15 heteroatoms. The Labute approximate surface area is 232 Å². The maximum atomic E-state index is 15.1. The molecule has 0 spiro atoms. The quantitative estimate of drug-likeness (QED) is 0.259. The molecular weight excluding hydrogens is 573 g/mol. The zero-order chi connectivity index (χ0) is 30.4. The maximum Gasteiger partial charge on any atom is 0.435 e. The number of nitrogens with one attached hydrogen (secondary N) is 2. The van der Waals surface area contributed by atoms with Crippen molar-refractivity contribution < 1.29 is 30.7 Å². The average molecular weight is 597 g/mol. The van der Waals surface area contributed by atoms with Gasteiger partial charge in [0.2, 0.25) is 0 Å². The van der Waals surface area contributed by atoms with Gasteiger partial charge < -0.3 is 15.6 Å². The fraction of sp³-hybridized carbons (Fsp3) is 0.333. The highest BCUT2D eigenvalue weighted by Gasteiger charge is 2.38. The lowest BCUT2D eigenvalue weighted by molar-refractivity contribution is -0.140. The number of halogens is 7. The lowest BCUT2D eigenvalue weighted by Crippen LogP contribution is -2.33. The predicted octanol–water partition coefficient (Wildman–Crippen LogP) is 5.58. The Morgan fingerprint density at radius 1 is 1.05 bits per heavy atom. The number of nitrogen functional groups attached to an aromatic ring is 1. The monoisotopic (exact) mass is 596 g/mol. The summed E-state index contributed by atoms with van der Waals surface area (Å²) in [5.41, 5.74) is -0.166. The number of anilines is 2. The number of aromatic amines is 1. The minimum atomic E-state index is -4.88. The van der Waals surface area contributed by atoms with Crippen molar-refractivity contribution >= 4 is 22.1 Å². The first-order valence-corrected chi connectivity index (χ1v) is 12.8. The third-order valence-electron chi connectivity index (χ3n) is 7.30. The Balaban J connectivity index is 1.37. The summed E-state index contributed by atoms with van der Waals surface area (Å²) in [7, 11) is 0. The van der Waals surface area contributed by atoms with Gasteiger partial charge in [0.15, 0.2) is 5.69 Å². The van der Waals surface area contributed by atoms with Gasteiger partial charge in [0.05, 0.1) is 23.0 Å². The average Bonchev–Trinajstić information content (AvgIpc) is 2.89. The summed E-state index contributed by atoms with van der Waals surface area (Å²) in [5, 5.41) is 8.44. The van der Waals surface area contributed by atoms with Crippen LogP contribution in [0.5, 0.6) is 0 Å². The molecule has 222 valence electrons. The normalized spacial score (nSPS) is 17.9. The van der Waals surface area contributed by atoms with Crippen molar-refractivity contribution in [3.05, 3.63) is 80.6 Å². The molecule has 0 amide bonds. The van der Waals surface area contributed by atoms with Gasteiger partial charge in [0.25, 0.3) is 11.1 Å². The summed E-state index contributed by atoms with van der Waals surface area (Å²) in [6.07, 6.45) is -4.07. The van der Waals surface area contributed by atoms with Crippen LogP contribution in [0.15, 0.2) is 52.4 Å². The molecular formula is C27H23F7N6O2. The van der Waals surface area contributed by atoms with Crippen LogP contribution in [0.1, 0.15) is 36.9 Å². The van der Waals surface area contributed by atoms with Crippen LogP contribution in [0.2, 0.25) is 0 Å². The molecule has 0 aliphatic heterocycles. The number of pyridine rings is 2. The van der Waals surface area contributed by atoms with Crippen LogP contribution >= 0.6 is 0 Å². The molecule has 3 heterocycles. The van der Waals surface area contributed by atoms with Crippen molar-refractivity contribution in [3.63, 3.8) is 0 Å². The number of fused-ring (bicyclic) bond motifs is 1. The number of nitrogens with two attached hydrogens (primary N) is 1. The topological polar surface area (TPSA) is 119 Å². The van der Waals surface area contributed by atoms with Gasteiger partial charge in [0.1, 0.15) is 11.4 Å². The van der Waals surface area contributed by atoms with Gasteiger partial charge in [-0.15, -0.1) is 0 Å². The van der Waals surface area contributed by atoms with E-state index in [0.29, 0.717) is 31.1 Å². The van der Waals surface area contributed by atoms with E-state index in [-0.39, 0.29) is 29.0 Å². The molecule has 3 aromatic heterocycles. The van der Waals surface area contributed by atoms with E-state index in [1.165, 1.54) is 16.8 Å². The van der Waals surface area contributed by atoms with E-state index >= 15 is 4.39 Å². The highest BCUT2D eigenvalue weighted by Crippen LogP contribution is 2.36. The molecule has 5 rings (SSSR count). The Kier molecular flexibility index (Phi) is 7.45. The third kappa shape index (κ3) is 5.81. The second kappa shape index (κ2) is 10.8. The van der Waals surface area contributed by atoms with E-state index in [2.05, 4.69) is 15.4 Å².